The van der Waals surface area contributed by atoms with E-state index in [4.69, 9.17) is 4.74 Å². The van der Waals surface area contributed by atoms with Gasteiger partial charge >= 0.3 is 0 Å². The molecule has 0 spiro atoms. The molecule has 2 nitrogen and oxygen atoms in total. The van der Waals surface area contributed by atoms with Gasteiger partial charge in [0.2, 0.25) is 0 Å². The Morgan fingerprint density at radius 3 is 2.88 bits per heavy atom. The van der Waals surface area contributed by atoms with Gasteiger partial charge in [0.1, 0.15) is 5.75 Å². The monoisotopic (exact) mass is 296 g/mol. The molecule has 0 radical (unpaired) electrons. The molecule has 3 heteroatoms. The number of carbonyl (C=O) groups excluding carboxylic acids is 1. The van der Waals surface area contributed by atoms with Gasteiger partial charge in [0.25, 0.3) is 0 Å². The second kappa shape index (κ2) is 4.81. The van der Waals surface area contributed by atoms with E-state index in [1.165, 1.54) is 0 Å². The van der Waals surface area contributed by atoms with E-state index in [0.29, 0.717) is 13.0 Å². The molecule has 92 valence electrons. The molecule has 0 saturated carbocycles. The lowest BCUT2D eigenvalue weighted by Gasteiger charge is -2.31. The third kappa shape index (κ3) is 2.54. The topological polar surface area (TPSA) is 26.3 Å². The van der Waals surface area contributed by atoms with E-state index in [0.717, 1.165) is 28.6 Å². The van der Waals surface area contributed by atoms with Crippen LogP contribution in [0.25, 0.3) is 0 Å². The third-order valence-corrected chi connectivity index (χ3v) is 3.67. The lowest BCUT2D eigenvalue weighted by molar-refractivity contribution is 0.0956. The van der Waals surface area contributed by atoms with Crippen molar-refractivity contribution in [3.8, 4) is 5.75 Å². The third-order valence-electron chi connectivity index (χ3n) is 3.34. The fourth-order valence-electron chi connectivity index (χ4n) is 2.29. The molecule has 0 fully saturated rings. The summed E-state index contributed by atoms with van der Waals surface area (Å²) in [5, 5.41) is 0.795. The fraction of sp³-hybridized carbons (Fsp3) is 0.500. The van der Waals surface area contributed by atoms with Crippen molar-refractivity contribution < 1.29 is 9.53 Å². The van der Waals surface area contributed by atoms with E-state index in [1.54, 1.807) is 0 Å². The number of alkyl halides is 1. The van der Waals surface area contributed by atoms with Gasteiger partial charge < -0.3 is 4.74 Å². The molecule has 0 amide bonds. The first-order valence-electron chi connectivity index (χ1n) is 5.91. The zero-order chi connectivity index (χ0) is 12.5. The Bertz CT molecular complexity index is 438. The normalized spacial score (nSPS) is 17.7. The lowest BCUT2D eigenvalue weighted by atomic mass is 9.72. The summed E-state index contributed by atoms with van der Waals surface area (Å²) in [6.07, 6.45) is 1.57. The number of Topliss-reactive ketones (excluding diaryl/α,β-unsaturated/α-hetero) is 1. The van der Waals surface area contributed by atoms with Gasteiger partial charge in [0.05, 0.1) is 6.61 Å². The summed E-state index contributed by atoms with van der Waals surface area (Å²) in [5.41, 5.74) is 2.09. The fourth-order valence-corrected chi connectivity index (χ4v) is 2.45. The average molecular weight is 297 g/mol. The van der Waals surface area contributed by atoms with Crippen molar-refractivity contribution in [1.29, 1.82) is 0 Å². The minimum absolute atomic E-state index is 0.0944. The first-order chi connectivity index (χ1) is 8.04. The second-order valence-corrected chi connectivity index (χ2v) is 5.84. The predicted molar refractivity (Wildman–Crippen MR) is 72.3 cm³/mol. The summed E-state index contributed by atoms with van der Waals surface area (Å²) in [6, 6.07) is 5.89. The minimum Gasteiger partial charge on any atom is -0.493 e. The number of hydrogen-bond acceptors (Lipinski definition) is 2. The van der Waals surface area contributed by atoms with Crippen LogP contribution in [0.5, 0.6) is 5.75 Å². The molecule has 1 aromatic carbocycles. The molecule has 1 aromatic rings. The molecule has 1 aliphatic carbocycles. The Hall–Kier alpha value is -0.830. The maximum atomic E-state index is 11.9. The van der Waals surface area contributed by atoms with Gasteiger partial charge in [0.15, 0.2) is 5.78 Å². The van der Waals surface area contributed by atoms with E-state index in [-0.39, 0.29) is 11.2 Å². The molecule has 0 N–H and O–H groups in total. The van der Waals surface area contributed by atoms with Crippen LogP contribution in [-0.4, -0.2) is 17.7 Å². The Morgan fingerprint density at radius 2 is 2.18 bits per heavy atom. The summed E-state index contributed by atoms with van der Waals surface area (Å²) in [6.45, 7) is 5.00. The highest BCUT2D eigenvalue weighted by Gasteiger charge is 2.31. The van der Waals surface area contributed by atoms with Crippen molar-refractivity contribution in [2.45, 2.75) is 32.1 Å². The van der Waals surface area contributed by atoms with Gasteiger partial charge in [-0.25, -0.2) is 0 Å². The lowest BCUT2D eigenvalue weighted by Crippen LogP contribution is -2.27. The average Bonchev–Trinajstić information content (AvgIpc) is 2.32. The molecule has 17 heavy (non-hydrogen) atoms. The van der Waals surface area contributed by atoms with Crippen molar-refractivity contribution in [2.24, 2.45) is 0 Å². The van der Waals surface area contributed by atoms with Gasteiger partial charge in [-0.05, 0) is 29.5 Å². The molecule has 0 unspecified atom stereocenters. The van der Waals surface area contributed by atoms with Crippen molar-refractivity contribution in [2.75, 3.05) is 11.9 Å². The van der Waals surface area contributed by atoms with Crippen LogP contribution < -0.4 is 4.74 Å². The first kappa shape index (κ1) is 12.6. The molecule has 0 aromatic heterocycles. The minimum atomic E-state index is 0.0944. The van der Waals surface area contributed by atoms with Crippen molar-refractivity contribution >= 4 is 21.7 Å². The predicted octanol–water partition coefficient (Wildman–Crippen LogP) is 3.71. The summed E-state index contributed by atoms with van der Waals surface area (Å²) in [4.78, 5) is 11.9. The molecule has 1 aliphatic rings. The van der Waals surface area contributed by atoms with Crippen LogP contribution in [0.2, 0.25) is 0 Å². The van der Waals surface area contributed by atoms with Crippen LogP contribution in [0.1, 0.15) is 42.6 Å². The number of rotatable bonds is 3. The smallest absolute Gasteiger partial charge is 0.163 e. The van der Waals surface area contributed by atoms with Crippen molar-refractivity contribution in [3.63, 3.8) is 0 Å². The van der Waals surface area contributed by atoms with Gasteiger partial charge in [-0.1, -0.05) is 35.8 Å². The highest BCUT2D eigenvalue weighted by Crippen LogP contribution is 2.38. The number of ketones is 1. The van der Waals surface area contributed by atoms with E-state index >= 15 is 0 Å². The molecule has 0 bridgehead atoms. The quantitative estimate of drug-likeness (QED) is 0.795. The summed E-state index contributed by atoms with van der Waals surface area (Å²) < 4.78 is 5.54. The number of halogens is 1. The van der Waals surface area contributed by atoms with Crippen LogP contribution in [-0.2, 0) is 5.41 Å². The Balaban J connectivity index is 2.36. The number of hydrogen-bond donors (Lipinski definition) is 0. The van der Waals surface area contributed by atoms with E-state index < -0.39 is 0 Å². The number of carbonyl (C=O) groups is 1. The van der Waals surface area contributed by atoms with E-state index in [9.17, 15) is 4.79 Å². The number of benzene rings is 1. The molecule has 0 saturated heterocycles. The molecule has 0 heterocycles. The molecule has 0 aliphatic heterocycles. The molecular formula is C14H17BrO2. The SMILES string of the molecule is CC1(C)CCC(=O)c2cc(OCCBr)ccc21. The van der Waals surface area contributed by atoms with Gasteiger partial charge in [-0.2, -0.15) is 0 Å². The van der Waals surface area contributed by atoms with Gasteiger partial charge in [0, 0.05) is 17.3 Å². The largest absolute Gasteiger partial charge is 0.493 e. The Labute approximate surface area is 110 Å². The number of fused-ring (bicyclic) bond motifs is 1. The Kier molecular flexibility index (Phi) is 3.57. The summed E-state index contributed by atoms with van der Waals surface area (Å²) in [5.74, 6) is 1.03. The molecule has 0 atom stereocenters. The highest BCUT2D eigenvalue weighted by atomic mass is 79.9. The van der Waals surface area contributed by atoms with Crippen molar-refractivity contribution in [1.82, 2.24) is 0 Å². The van der Waals surface area contributed by atoms with Gasteiger partial charge in [-0.15, -0.1) is 0 Å². The van der Waals surface area contributed by atoms with Crippen LogP contribution in [0.15, 0.2) is 18.2 Å². The van der Waals surface area contributed by atoms with E-state index in [1.807, 2.05) is 18.2 Å². The maximum Gasteiger partial charge on any atom is 0.163 e. The van der Waals surface area contributed by atoms with Crippen LogP contribution in [0.3, 0.4) is 0 Å². The maximum absolute atomic E-state index is 11.9. The van der Waals surface area contributed by atoms with E-state index in [2.05, 4.69) is 29.8 Å². The van der Waals surface area contributed by atoms with Crippen LogP contribution >= 0.6 is 15.9 Å². The second-order valence-electron chi connectivity index (χ2n) is 5.05. The number of ether oxygens (including phenoxy) is 1. The van der Waals surface area contributed by atoms with Crippen LogP contribution in [0, 0.1) is 0 Å². The zero-order valence-corrected chi connectivity index (χ0v) is 11.8. The molecule has 2 rings (SSSR count). The first-order valence-corrected chi connectivity index (χ1v) is 7.03. The highest BCUT2D eigenvalue weighted by molar-refractivity contribution is 9.09. The summed E-state index contributed by atoms with van der Waals surface area (Å²) >= 11 is 3.32. The Morgan fingerprint density at radius 1 is 1.41 bits per heavy atom. The van der Waals surface area contributed by atoms with Gasteiger partial charge in [-0.3, -0.25) is 4.79 Å². The summed E-state index contributed by atoms with van der Waals surface area (Å²) in [7, 11) is 0. The standard InChI is InChI=1S/C14H17BrO2/c1-14(2)6-5-13(16)11-9-10(17-8-7-15)3-4-12(11)14/h3-4,9H,5-8H2,1-2H3. The zero-order valence-electron chi connectivity index (χ0n) is 10.3. The van der Waals surface area contributed by atoms with Crippen LogP contribution in [0.4, 0.5) is 0 Å². The van der Waals surface area contributed by atoms with Crippen molar-refractivity contribution in [3.05, 3.63) is 29.3 Å². The molecular weight excluding hydrogens is 280 g/mol.